The van der Waals surface area contributed by atoms with E-state index in [0.29, 0.717) is 10.5 Å². The molecular weight excluding hydrogens is 311 g/mol. The van der Waals surface area contributed by atoms with Crippen molar-refractivity contribution in [2.24, 2.45) is 0 Å². The number of anilines is 1. The van der Waals surface area contributed by atoms with E-state index >= 15 is 0 Å². The largest absolute Gasteiger partial charge is 0.354 e. The fraction of sp³-hybridized carbons (Fsp3) is 0.278. The highest BCUT2D eigenvalue weighted by Gasteiger charge is 2.20. The number of halogens is 1. The van der Waals surface area contributed by atoms with Gasteiger partial charge in [-0.3, -0.25) is 0 Å². The van der Waals surface area contributed by atoms with E-state index < -0.39 is 0 Å². The minimum atomic E-state index is -0.248. The van der Waals surface area contributed by atoms with Gasteiger partial charge in [-0.15, -0.1) is 11.8 Å². The van der Waals surface area contributed by atoms with E-state index in [4.69, 9.17) is 4.52 Å². The van der Waals surface area contributed by atoms with Gasteiger partial charge in [-0.25, -0.2) is 4.39 Å². The van der Waals surface area contributed by atoms with Crippen LogP contribution < -0.4 is 4.90 Å². The first kappa shape index (κ1) is 14.6. The summed E-state index contributed by atoms with van der Waals surface area (Å²) < 4.78 is 19.6. The first-order valence-electron chi connectivity index (χ1n) is 7.82. The predicted molar refractivity (Wildman–Crippen MR) is 91.4 cm³/mol. The number of aromatic nitrogens is 1. The fourth-order valence-electron chi connectivity index (χ4n) is 2.93. The third-order valence-corrected chi connectivity index (χ3v) is 5.25. The summed E-state index contributed by atoms with van der Waals surface area (Å²) in [5.74, 6) is 1.34. The van der Waals surface area contributed by atoms with Gasteiger partial charge in [0, 0.05) is 29.8 Å². The topological polar surface area (TPSA) is 29.3 Å². The molecule has 1 aromatic heterocycles. The van der Waals surface area contributed by atoms with Crippen molar-refractivity contribution in [3.05, 3.63) is 53.8 Å². The lowest BCUT2D eigenvalue weighted by atomic mass is 10.2. The van der Waals surface area contributed by atoms with Gasteiger partial charge in [-0.2, -0.15) is 0 Å². The van der Waals surface area contributed by atoms with Crippen molar-refractivity contribution in [1.29, 1.82) is 0 Å². The third-order valence-electron chi connectivity index (χ3n) is 4.15. The summed E-state index contributed by atoms with van der Waals surface area (Å²) in [4.78, 5) is 2.86. The van der Waals surface area contributed by atoms with Gasteiger partial charge in [0.25, 0.3) is 0 Å². The summed E-state index contributed by atoms with van der Waals surface area (Å²) in [6.07, 6.45) is 2.34. The van der Waals surface area contributed by atoms with Gasteiger partial charge in [-0.1, -0.05) is 35.5 Å². The monoisotopic (exact) mass is 328 g/mol. The molecule has 0 atom stereocenters. The van der Waals surface area contributed by atoms with E-state index in [1.165, 1.54) is 36.2 Å². The Morgan fingerprint density at radius 1 is 1.13 bits per heavy atom. The van der Waals surface area contributed by atoms with Crippen molar-refractivity contribution >= 4 is 28.5 Å². The number of nitrogens with zero attached hydrogens (tertiary/aromatic N) is 2. The zero-order valence-corrected chi connectivity index (χ0v) is 13.5. The number of benzene rings is 2. The Morgan fingerprint density at radius 3 is 2.70 bits per heavy atom. The summed E-state index contributed by atoms with van der Waals surface area (Å²) in [6.45, 7) is 1.98. The Kier molecular flexibility index (Phi) is 3.95. The van der Waals surface area contributed by atoms with Crippen molar-refractivity contribution in [1.82, 2.24) is 5.16 Å². The molecule has 5 heteroatoms. The SMILES string of the molecule is Fc1cc2onc(N3CCCC3)c2cc1SCc1ccccc1. The van der Waals surface area contributed by atoms with Crippen LogP contribution in [0.3, 0.4) is 0 Å². The van der Waals surface area contributed by atoms with Crippen LogP contribution in [-0.2, 0) is 5.75 Å². The predicted octanol–water partition coefficient (Wildman–Crippen LogP) is 4.86. The van der Waals surface area contributed by atoms with Crippen LogP contribution in [0.5, 0.6) is 0 Å². The van der Waals surface area contributed by atoms with Gasteiger partial charge in [-0.05, 0) is 24.5 Å². The van der Waals surface area contributed by atoms with Gasteiger partial charge < -0.3 is 9.42 Å². The third kappa shape index (κ3) is 2.93. The molecule has 3 nitrogen and oxygen atoms in total. The average molecular weight is 328 g/mol. The van der Waals surface area contributed by atoms with E-state index in [0.717, 1.165) is 30.0 Å². The molecule has 1 aliphatic rings. The first-order chi connectivity index (χ1) is 11.3. The zero-order chi connectivity index (χ0) is 15.6. The summed E-state index contributed by atoms with van der Waals surface area (Å²) in [7, 11) is 0. The lowest BCUT2D eigenvalue weighted by molar-refractivity contribution is 0.454. The average Bonchev–Trinajstić information content (AvgIpc) is 3.22. The summed E-state index contributed by atoms with van der Waals surface area (Å²) >= 11 is 1.51. The van der Waals surface area contributed by atoms with E-state index in [1.54, 1.807) is 0 Å². The lowest BCUT2D eigenvalue weighted by Crippen LogP contribution is -2.17. The van der Waals surface area contributed by atoms with Crippen LogP contribution in [0.15, 0.2) is 51.9 Å². The molecule has 1 saturated heterocycles. The van der Waals surface area contributed by atoms with E-state index in [9.17, 15) is 4.39 Å². The van der Waals surface area contributed by atoms with Crippen molar-refractivity contribution < 1.29 is 8.91 Å². The maximum absolute atomic E-state index is 14.3. The molecule has 23 heavy (non-hydrogen) atoms. The normalized spacial score (nSPS) is 14.7. The molecule has 2 heterocycles. The van der Waals surface area contributed by atoms with Crippen molar-refractivity contribution in [2.45, 2.75) is 23.5 Å². The molecule has 4 rings (SSSR count). The molecule has 2 aromatic carbocycles. The molecular formula is C18H17FN2OS. The Hall–Kier alpha value is -2.01. The summed E-state index contributed by atoms with van der Waals surface area (Å²) in [5, 5.41) is 5.06. The van der Waals surface area contributed by atoms with Crippen LogP contribution in [0.2, 0.25) is 0 Å². The van der Waals surface area contributed by atoms with E-state index in [1.807, 2.05) is 24.3 Å². The smallest absolute Gasteiger partial charge is 0.179 e. The Bertz CT molecular complexity index is 813. The maximum atomic E-state index is 14.3. The van der Waals surface area contributed by atoms with Crippen LogP contribution >= 0.6 is 11.8 Å². The molecule has 0 amide bonds. The summed E-state index contributed by atoms with van der Waals surface area (Å²) in [5.41, 5.74) is 1.70. The molecule has 3 aromatic rings. The Labute approximate surface area is 138 Å². The van der Waals surface area contributed by atoms with Gasteiger partial charge in [0.15, 0.2) is 11.4 Å². The van der Waals surface area contributed by atoms with Gasteiger partial charge in [0.05, 0.1) is 5.39 Å². The highest BCUT2D eigenvalue weighted by molar-refractivity contribution is 7.98. The van der Waals surface area contributed by atoms with Crippen LogP contribution in [0.1, 0.15) is 18.4 Å². The highest BCUT2D eigenvalue weighted by Crippen LogP contribution is 2.34. The van der Waals surface area contributed by atoms with E-state index in [2.05, 4.69) is 22.2 Å². The number of hydrogen-bond donors (Lipinski definition) is 0. The standard InChI is InChI=1S/C18H17FN2OS/c19-15-11-16-14(18(20-22-16)21-8-4-5-9-21)10-17(15)23-12-13-6-2-1-3-7-13/h1-3,6-7,10-11H,4-5,8-9,12H2. The second kappa shape index (κ2) is 6.24. The highest BCUT2D eigenvalue weighted by atomic mass is 32.2. The number of fused-ring (bicyclic) bond motifs is 1. The minimum Gasteiger partial charge on any atom is -0.354 e. The Morgan fingerprint density at radius 2 is 1.91 bits per heavy atom. The lowest BCUT2D eigenvalue weighted by Gasteiger charge is -2.13. The molecule has 0 unspecified atom stereocenters. The Balaban J connectivity index is 1.63. The molecule has 1 fully saturated rings. The van der Waals surface area contributed by atoms with Crippen LogP contribution in [0, 0.1) is 5.82 Å². The van der Waals surface area contributed by atoms with Crippen LogP contribution in [0.4, 0.5) is 10.2 Å². The maximum Gasteiger partial charge on any atom is 0.179 e. The minimum absolute atomic E-state index is 0.248. The molecule has 0 aliphatic carbocycles. The zero-order valence-electron chi connectivity index (χ0n) is 12.7. The molecule has 0 radical (unpaired) electrons. The number of rotatable bonds is 4. The quantitative estimate of drug-likeness (QED) is 0.640. The van der Waals surface area contributed by atoms with E-state index in [-0.39, 0.29) is 5.82 Å². The number of hydrogen-bond acceptors (Lipinski definition) is 4. The van der Waals surface area contributed by atoms with Crippen molar-refractivity contribution in [3.63, 3.8) is 0 Å². The molecule has 1 aliphatic heterocycles. The second-order valence-electron chi connectivity index (χ2n) is 5.75. The fourth-order valence-corrected chi connectivity index (χ4v) is 3.84. The van der Waals surface area contributed by atoms with Gasteiger partial charge >= 0.3 is 0 Å². The molecule has 0 bridgehead atoms. The van der Waals surface area contributed by atoms with Crippen LogP contribution in [-0.4, -0.2) is 18.2 Å². The van der Waals surface area contributed by atoms with Crippen LogP contribution in [0.25, 0.3) is 11.0 Å². The second-order valence-corrected chi connectivity index (χ2v) is 6.77. The molecule has 0 saturated carbocycles. The van der Waals surface area contributed by atoms with Gasteiger partial charge in [0.1, 0.15) is 5.82 Å². The first-order valence-corrected chi connectivity index (χ1v) is 8.80. The van der Waals surface area contributed by atoms with Crippen molar-refractivity contribution in [2.75, 3.05) is 18.0 Å². The molecule has 0 N–H and O–H groups in total. The molecule has 0 spiro atoms. The number of thioether (sulfide) groups is 1. The van der Waals surface area contributed by atoms with Gasteiger partial charge in [0.2, 0.25) is 0 Å². The van der Waals surface area contributed by atoms with Crippen molar-refractivity contribution in [3.8, 4) is 0 Å². The molecule has 118 valence electrons. The summed E-state index contributed by atoms with van der Waals surface area (Å²) in [6, 6.07) is 13.4.